The molecule has 0 nitrogen and oxygen atoms in total. The molecule has 258 valence electrons. The minimum Gasteiger partial charge on any atom is -0.0622 e. The highest BCUT2D eigenvalue weighted by Gasteiger charge is 2.38. The zero-order valence-corrected chi connectivity index (χ0v) is 31.3. The molecule has 0 atom stereocenters. The Morgan fingerprint density at radius 3 is 0.944 bits per heavy atom. The van der Waals surface area contributed by atoms with E-state index in [1.807, 2.05) is 0 Å². The van der Waals surface area contributed by atoms with Crippen LogP contribution < -0.4 is 0 Å². The summed E-state index contributed by atoms with van der Waals surface area (Å²) < 4.78 is 0. The molecule has 0 unspecified atom stereocenters. The fourth-order valence-electron chi connectivity index (χ4n) is 9.38. The van der Waals surface area contributed by atoms with Crippen molar-refractivity contribution >= 4 is 0 Å². The van der Waals surface area contributed by atoms with E-state index in [-0.39, 0.29) is 10.8 Å². The van der Waals surface area contributed by atoms with Gasteiger partial charge in [0.05, 0.1) is 0 Å². The second-order valence-electron chi connectivity index (χ2n) is 16.1. The van der Waals surface area contributed by atoms with Crippen molar-refractivity contribution in [1.82, 2.24) is 0 Å². The second-order valence-corrected chi connectivity index (χ2v) is 16.1. The maximum Gasteiger partial charge on any atom is 0.0159 e. The predicted octanol–water partition coefficient (Wildman–Crippen LogP) is 14.6. The Morgan fingerprint density at radius 1 is 0.241 bits per heavy atom. The topological polar surface area (TPSA) is 0 Å². The van der Waals surface area contributed by atoms with Crippen LogP contribution in [0.15, 0.2) is 182 Å². The molecule has 0 heterocycles. The van der Waals surface area contributed by atoms with Crippen LogP contribution in [0, 0.1) is 0 Å². The fraction of sp³-hybridized carbons (Fsp3) is 0.111. The summed E-state index contributed by atoms with van der Waals surface area (Å²) in [6.07, 6.45) is 0. The summed E-state index contributed by atoms with van der Waals surface area (Å²) >= 11 is 0. The Labute approximate surface area is 319 Å². The minimum atomic E-state index is -0.161. The lowest BCUT2D eigenvalue weighted by Crippen LogP contribution is -2.15. The first-order chi connectivity index (χ1) is 26.3. The Hall–Kier alpha value is -6.24. The number of hydrogen-bond acceptors (Lipinski definition) is 0. The smallest absolute Gasteiger partial charge is 0.0159 e. The Kier molecular flexibility index (Phi) is 7.29. The average molecular weight is 691 g/mol. The zero-order chi connectivity index (χ0) is 36.6. The average Bonchev–Trinajstić information content (AvgIpc) is 3.59. The SMILES string of the molecule is CC1(C)c2cc(-c3ccccc3)ccc2-c2ccc(-c3ccc4c(c3)C(C)(C)c3cc(-c5c(-c6ccccc6)cccc5-c5ccccc5)ccc3-4)cc21. The third-order valence-electron chi connectivity index (χ3n) is 12.3. The summed E-state index contributed by atoms with van der Waals surface area (Å²) in [7, 11) is 0. The van der Waals surface area contributed by atoms with Crippen molar-refractivity contribution in [3.63, 3.8) is 0 Å². The van der Waals surface area contributed by atoms with Gasteiger partial charge in [-0.3, -0.25) is 0 Å². The van der Waals surface area contributed by atoms with Crippen LogP contribution in [0.3, 0.4) is 0 Å². The molecule has 0 heteroatoms. The molecule has 0 aromatic heterocycles. The van der Waals surface area contributed by atoms with Crippen LogP contribution in [0.1, 0.15) is 49.9 Å². The zero-order valence-electron chi connectivity index (χ0n) is 31.3. The highest BCUT2D eigenvalue weighted by Crippen LogP contribution is 2.54. The summed E-state index contributed by atoms with van der Waals surface area (Å²) in [5.74, 6) is 0. The van der Waals surface area contributed by atoms with Gasteiger partial charge in [0, 0.05) is 10.8 Å². The molecule has 8 aromatic carbocycles. The van der Waals surface area contributed by atoms with Crippen LogP contribution >= 0.6 is 0 Å². The molecule has 2 aliphatic carbocycles. The first kappa shape index (κ1) is 32.4. The van der Waals surface area contributed by atoms with Gasteiger partial charge in [0.2, 0.25) is 0 Å². The molecule has 0 saturated heterocycles. The highest BCUT2D eigenvalue weighted by molar-refractivity contribution is 5.96. The first-order valence-electron chi connectivity index (χ1n) is 19.2. The van der Waals surface area contributed by atoms with Crippen molar-refractivity contribution in [1.29, 1.82) is 0 Å². The lowest BCUT2D eigenvalue weighted by Gasteiger charge is -2.24. The van der Waals surface area contributed by atoms with Gasteiger partial charge in [0.15, 0.2) is 0 Å². The van der Waals surface area contributed by atoms with Crippen molar-refractivity contribution < 1.29 is 0 Å². The van der Waals surface area contributed by atoms with Crippen molar-refractivity contribution in [2.45, 2.75) is 38.5 Å². The molecule has 54 heavy (non-hydrogen) atoms. The molecule has 0 saturated carbocycles. The van der Waals surface area contributed by atoms with E-state index < -0.39 is 0 Å². The van der Waals surface area contributed by atoms with E-state index in [1.54, 1.807) is 0 Å². The molecule has 2 aliphatic rings. The molecule has 0 bridgehead atoms. The summed E-state index contributed by atoms with van der Waals surface area (Å²) in [4.78, 5) is 0. The molecular weight excluding hydrogens is 649 g/mol. The summed E-state index contributed by atoms with van der Waals surface area (Å²) in [5, 5.41) is 0. The van der Waals surface area contributed by atoms with Gasteiger partial charge < -0.3 is 0 Å². The number of hydrogen-bond donors (Lipinski definition) is 0. The molecule has 0 radical (unpaired) electrons. The third-order valence-corrected chi connectivity index (χ3v) is 12.3. The van der Waals surface area contributed by atoms with E-state index in [0.717, 1.165) is 0 Å². The van der Waals surface area contributed by atoms with Crippen molar-refractivity contribution in [3.05, 3.63) is 204 Å². The molecular formula is C54H42. The maximum atomic E-state index is 2.47. The van der Waals surface area contributed by atoms with E-state index in [9.17, 15) is 0 Å². The Balaban J connectivity index is 1.04. The van der Waals surface area contributed by atoms with Crippen LogP contribution in [0.4, 0.5) is 0 Å². The van der Waals surface area contributed by atoms with Crippen LogP contribution in [0.5, 0.6) is 0 Å². The van der Waals surface area contributed by atoms with Crippen molar-refractivity contribution in [3.8, 4) is 77.9 Å². The second kappa shape index (κ2) is 12.2. The van der Waals surface area contributed by atoms with Crippen LogP contribution in [0.25, 0.3) is 77.9 Å². The molecule has 0 aliphatic heterocycles. The molecule has 0 N–H and O–H groups in total. The van der Waals surface area contributed by atoms with Crippen LogP contribution in [0.2, 0.25) is 0 Å². The van der Waals surface area contributed by atoms with Gasteiger partial charge in [-0.05, 0) is 124 Å². The maximum absolute atomic E-state index is 2.47. The quantitative estimate of drug-likeness (QED) is 0.169. The Bertz CT molecular complexity index is 2670. The number of fused-ring (bicyclic) bond motifs is 6. The largest absolute Gasteiger partial charge is 0.0622 e. The van der Waals surface area contributed by atoms with E-state index >= 15 is 0 Å². The molecule has 10 rings (SSSR count). The van der Waals surface area contributed by atoms with Gasteiger partial charge in [-0.1, -0.05) is 185 Å². The summed E-state index contributed by atoms with van der Waals surface area (Å²) in [6.45, 7) is 9.57. The van der Waals surface area contributed by atoms with Gasteiger partial charge in [0.1, 0.15) is 0 Å². The Morgan fingerprint density at radius 2 is 0.556 bits per heavy atom. The van der Waals surface area contributed by atoms with Gasteiger partial charge in [-0.2, -0.15) is 0 Å². The fourth-order valence-corrected chi connectivity index (χ4v) is 9.38. The van der Waals surface area contributed by atoms with Crippen LogP contribution in [-0.2, 0) is 10.8 Å². The van der Waals surface area contributed by atoms with E-state index in [0.29, 0.717) is 0 Å². The predicted molar refractivity (Wildman–Crippen MR) is 229 cm³/mol. The summed E-state index contributed by atoms with van der Waals surface area (Å²) in [5.41, 5.74) is 23.3. The molecule has 8 aromatic rings. The normalized spacial score (nSPS) is 14.2. The van der Waals surface area contributed by atoms with Gasteiger partial charge >= 0.3 is 0 Å². The van der Waals surface area contributed by atoms with Gasteiger partial charge in [-0.25, -0.2) is 0 Å². The first-order valence-corrected chi connectivity index (χ1v) is 19.2. The van der Waals surface area contributed by atoms with E-state index in [2.05, 4.69) is 210 Å². The van der Waals surface area contributed by atoms with E-state index in [4.69, 9.17) is 0 Å². The standard InChI is InChI=1S/C54H42/c1-53(2)48-31-38(35-15-8-5-9-16-35)23-27-44(48)45-28-24-39(32-49(45)53)40-25-29-46-47-30-26-41(34-51(47)54(3,4)50(46)33-40)52-42(36-17-10-6-11-18-36)21-14-22-43(52)37-19-12-7-13-20-37/h5-34H,1-4H3. The van der Waals surface area contributed by atoms with Crippen molar-refractivity contribution in [2.75, 3.05) is 0 Å². The minimum absolute atomic E-state index is 0.0945. The number of rotatable bonds is 5. The van der Waals surface area contributed by atoms with Crippen LogP contribution in [-0.4, -0.2) is 0 Å². The van der Waals surface area contributed by atoms with Gasteiger partial charge in [0.25, 0.3) is 0 Å². The monoisotopic (exact) mass is 690 g/mol. The summed E-state index contributed by atoms with van der Waals surface area (Å²) in [6, 6.07) is 67.6. The third kappa shape index (κ3) is 4.97. The lowest BCUT2D eigenvalue weighted by atomic mass is 9.79. The lowest BCUT2D eigenvalue weighted by molar-refractivity contribution is 0.660. The van der Waals surface area contributed by atoms with Gasteiger partial charge in [-0.15, -0.1) is 0 Å². The van der Waals surface area contributed by atoms with Crippen molar-refractivity contribution in [2.24, 2.45) is 0 Å². The highest BCUT2D eigenvalue weighted by atomic mass is 14.4. The number of benzene rings is 8. The molecule has 0 fully saturated rings. The van der Waals surface area contributed by atoms with E-state index in [1.165, 1.54) is 100 Å². The molecule has 0 spiro atoms. The molecule has 0 amide bonds.